The molecule has 2 aromatic rings. The largest absolute Gasteiger partial charge is 0.494 e. The Morgan fingerprint density at radius 3 is 2.50 bits per heavy atom. The molecular formula is C15H14O4S. The second-order valence-electron chi connectivity index (χ2n) is 3.93. The minimum Gasteiger partial charge on any atom is -0.494 e. The molecule has 0 fully saturated rings. The van der Waals surface area contributed by atoms with Gasteiger partial charge in [0.15, 0.2) is 12.4 Å². The van der Waals surface area contributed by atoms with Gasteiger partial charge in [-0.05, 0) is 42.6 Å². The van der Waals surface area contributed by atoms with Crippen LogP contribution in [0.4, 0.5) is 0 Å². The van der Waals surface area contributed by atoms with Gasteiger partial charge in [0.1, 0.15) is 10.6 Å². The van der Waals surface area contributed by atoms with Crippen molar-refractivity contribution >= 4 is 23.1 Å². The fourth-order valence-corrected chi connectivity index (χ4v) is 2.20. The number of hydrogen-bond donors (Lipinski definition) is 0. The number of hydrogen-bond acceptors (Lipinski definition) is 5. The first-order valence-electron chi connectivity index (χ1n) is 6.17. The molecule has 0 saturated heterocycles. The number of thiophene rings is 1. The normalized spacial score (nSPS) is 10.1. The zero-order valence-corrected chi connectivity index (χ0v) is 11.8. The Morgan fingerprint density at radius 2 is 1.90 bits per heavy atom. The van der Waals surface area contributed by atoms with E-state index in [2.05, 4.69) is 0 Å². The van der Waals surface area contributed by atoms with Crippen LogP contribution in [0.3, 0.4) is 0 Å². The zero-order chi connectivity index (χ0) is 14.4. The first-order chi connectivity index (χ1) is 9.70. The average Bonchev–Trinajstić information content (AvgIpc) is 3.00. The summed E-state index contributed by atoms with van der Waals surface area (Å²) in [6.07, 6.45) is 0. The summed E-state index contributed by atoms with van der Waals surface area (Å²) in [4.78, 5) is 24.0. The van der Waals surface area contributed by atoms with Gasteiger partial charge >= 0.3 is 5.97 Å². The van der Waals surface area contributed by atoms with Crippen molar-refractivity contribution in [1.29, 1.82) is 0 Å². The van der Waals surface area contributed by atoms with Gasteiger partial charge in [-0.1, -0.05) is 6.07 Å². The van der Waals surface area contributed by atoms with Crippen LogP contribution in [0.15, 0.2) is 41.8 Å². The highest BCUT2D eigenvalue weighted by atomic mass is 32.1. The monoisotopic (exact) mass is 290 g/mol. The van der Waals surface area contributed by atoms with Gasteiger partial charge in [-0.25, -0.2) is 4.79 Å². The van der Waals surface area contributed by atoms with Gasteiger partial charge in [0, 0.05) is 5.56 Å². The van der Waals surface area contributed by atoms with E-state index in [-0.39, 0.29) is 12.4 Å². The molecule has 0 bridgehead atoms. The Balaban J connectivity index is 1.90. The Labute approximate surface area is 121 Å². The van der Waals surface area contributed by atoms with E-state index < -0.39 is 5.97 Å². The Hall–Kier alpha value is -2.14. The van der Waals surface area contributed by atoms with Crippen LogP contribution in [0, 0.1) is 0 Å². The van der Waals surface area contributed by atoms with Gasteiger partial charge in [0.2, 0.25) is 0 Å². The molecule has 104 valence electrons. The van der Waals surface area contributed by atoms with E-state index in [4.69, 9.17) is 9.47 Å². The highest BCUT2D eigenvalue weighted by molar-refractivity contribution is 7.11. The highest BCUT2D eigenvalue weighted by Gasteiger charge is 2.12. The van der Waals surface area contributed by atoms with E-state index in [1.54, 1.807) is 41.8 Å². The lowest BCUT2D eigenvalue weighted by Gasteiger charge is -2.05. The van der Waals surface area contributed by atoms with Crippen LogP contribution in [0.1, 0.15) is 27.0 Å². The summed E-state index contributed by atoms with van der Waals surface area (Å²) in [5, 5.41) is 1.78. The molecule has 0 atom stereocenters. The van der Waals surface area contributed by atoms with E-state index >= 15 is 0 Å². The van der Waals surface area contributed by atoms with Gasteiger partial charge < -0.3 is 9.47 Å². The Morgan fingerprint density at radius 1 is 1.15 bits per heavy atom. The maximum Gasteiger partial charge on any atom is 0.348 e. The number of carbonyl (C=O) groups excluding carboxylic acids is 2. The number of benzene rings is 1. The number of Topliss-reactive ketones (excluding diaryl/α,β-unsaturated/α-hetero) is 1. The average molecular weight is 290 g/mol. The second-order valence-corrected chi connectivity index (χ2v) is 4.88. The predicted molar refractivity (Wildman–Crippen MR) is 76.5 cm³/mol. The topological polar surface area (TPSA) is 52.6 Å². The summed E-state index contributed by atoms with van der Waals surface area (Å²) >= 11 is 1.28. The molecule has 0 amide bonds. The summed E-state index contributed by atoms with van der Waals surface area (Å²) in [5.41, 5.74) is 0.493. The highest BCUT2D eigenvalue weighted by Crippen LogP contribution is 2.13. The van der Waals surface area contributed by atoms with Crippen molar-refractivity contribution in [3.63, 3.8) is 0 Å². The SMILES string of the molecule is CCOc1ccc(C(=O)COC(=O)c2cccs2)cc1. The molecule has 4 nitrogen and oxygen atoms in total. The third-order valence-electron chi connectivity index (χ3n) is 2.54. The molecule has 0 saturated carbocycles. The van der Waals surface area contributed by atoms with Crippen LogP contribution in [-0.4, -0.2) is 25.0 Å². The van der Waals surface area contributed by atoms with Gasteiger partial charge in [-0.2, -0.15) is 0 Å². The third-order valence-corrected chi connectivity index (χ3v) is 3.39. The van der Waals surface area contributed by atoms with Crippen molar-refractivity contribution in [3.8, 4) is 5.75 Å². The number of rotatable bonds is 6. The second kappa shape index (κ2) is 6.86. The van der Waals surface area contributed by atoms with Crippen LogP contribution < -0.4 is 4.74 Å². The Kier molecular flexibility index (Phi) is 4.90. The molecule has 2 rings (SSSR count). The van der Waals surface area contributed by atoms with Crippen molar-refractivity contribution in [1.82, 2.24) is 0 Å². The lowest BCUT2D eigenvalue weighted by Crippen LogP contribution is -2.13. The molecule has 0 radical (unpaired) electrons. The molecule has 0 N–H and O–H groups in total. The molecule has 0 unspecified atom stereocenters. The molecule has 5 heteroatoms. The maximum absolute atomic E-state index is 11.9. The first kappa shape index (κ1) is 14.3. The minimum absolute atomic E-state index is 0.238. The summed E-state index contributed by atoms with van der Waals surface area (Å²) in [6.45, 7) is 2.21. The maximum atomic E-state index is 11.9. The molecule has 0 aliphatic heterocycles. The van der Waals surface area contributed by atoms with Crippen molar-refractivity contribution in [2.75, 3.05) is 13.2 Å². The smallest absolute Gasteiger partial charge is 0.348 e. The predicted octanol–water partition coefficient (Wildman–Crippen LogP) is 3.19. The molecule has 1 aromatic carbocycles. The number of esters is 1. The zero-order valence-electron chi connectivity index (χ0n) is 11.0. The lowest BCUT2D eigenvalue weighted by atomic mass is 10.1. The van der Waals surface area contributed by atoms with E-state index in [9.17, 15) is 9.59 Å². The van der Waals surface area contributed by atoms with Gasteiger partial charge in [0.05, 0.1) is 6.61 Å². The van der Waals surface area contributed by atoms with Gasteiger partial charge in [0.25, 0.3) is 0 Å². The van der Waals surface area contributed by atoms with Crippen molar-refractivity contribution in [2.24, 2.45) is 0 Å². The van der Waals surface area contributed by atoms with E-state index in [0.717, 1.165) is 0 Å². The molecule has 1 heterocycles. The summed E-state index contributed by atoms with van der Waals surface area (Å²) in [5.74, 6) is -0.00290. The quantitative estimate of drug-likeness (QED) is 0.605. The van der Waals surface area contributed by atoms with Crippen LogP contribution in [0.5, 0.6) is 5.75 Å². The third kappa shape index (κ3) is 3.68. The standard InChI is InChI=1S/C15H14O4S/c1-2-18-12-7-5-11(6-8-12)13(16)10-19-15(17)14-4-3-9-20-14/h3-9H,2,10H2,1H3. The summed E-state index contributed by atoms with van der Waals surface area (Å²) in [7, 11) is 0. The molecule has 0 aliphatic carbocycles. The molecular weight excluding hydrogens is 276 g/mol. The lowest BCUT2D eigenvalue weighted by molar-refractivity contribution is 0.0479. The fourth-order valence-electron chi connectivity index (χ4n) is 1.58. The van der Waals surface area contributed by atoms with Crippen molar-refractivity contribution in [3.05, 3.63) is 52.2 Å². The summed E-state index contributed by atoms with van der Waals surface area (Å²) < 4.78 is 10.3. The van der Waals surface area contributed by atoms with Gasteiger partial charge in [-0.3, -0.25) is 4.79 Å². The summed E-state index contributed by atoms with van der Waals surface area (Å²) in [6, 6.07) is 10.2. The van der Waals surface area contributed by atoms with Crippen LogP contribution in [-0.2, 0) is 4.74 Å². The molecule has 0 spiro atoms. The minimum atomic E-state index is -0.473. The number of ether oxygens (including phenoxy) is 2. The number of carbonyl (C=O) groups is 2. The van der Waals surface area contributed by atoms with Crippen LogP contribution in [0.2, 0.25) is 0 Å². The number of ketones is 1. The van der Waals surface area contributed by atoms with E-state index in [0.29, 0.717) is 22.8 Å². The van der Waals surface area contributed by atoms with Crippen LogP contribution >= 0.6 is 11.3 Å². The molecule has 20 heavy (non-hydrogen) atoms. The van der Waals surface area contributed by atoms with E-state index in [1.165, 1.54) is 11.3 Å². The Bertz CT molecular complexity index is 572. The fraction of sp³-hybridized carbons (Fsp3) is 0.200. The van der Waals surface area contributed by atoms with Crippen molar-refractivity contribution in [2.45, 2.75) is 6.92 Å². The van der Waals surface area contributed by atoms with Crippen molar-refractivity contribution < 1.29 is 19.1 Å². The van der Waals surface area contributed by atoms with Crippen LogP contribution in [0.25, 0.3) is 0 Å². The van der Waals surface area contributed by atoms with E-state index in [1.807, 2.05) is 6.92 Å². The molecule has 0 aliphatic rings. The van der Waals surface area contributed by atoms with Gasteiger partial charge in [-0.15, -0.1) is 11.3 Å². The first-order valence-corrected chi connectivity index (χ1v) is 7.05. The molecule has 1 aromatic heterocycles.